The Labute approximate surface area is 126 Å². The van der Waals surface area contributed by atoms with Gasteiger partial charge in [-0.1, -0.05) is 25.0 Å². The molecule has 1 aliphatic carbocycles. The van der Waals surface area contributed by atoms with Gasteiger partial charge < -0.3 is 5.11 Å². The molecule has 0 aliphatic heterocycles. The highest BCUT2D eigenvalue weighted by atomic mass is 127. The molecule has 0 amide bonds. The first-order valence-corrected chi connectivity index (χ1v) is 7.67. The smallest absolute Gasteiger partial charge is 0.306 e. The number of carbonyl (C=O) groups is 2. The topological polar surface area (TPSA) is 54.4 Å². The number of aliphatic carboxylic acids is 1. The van der Waals surface area contributed by atoms with E-state index in [9.17, 15) is 14.7 Å². The van der Waals surface area contributed by atoms with Crippen LogP contribution in [0.1, 0.15) is 42.5 Å². The van der Waals surface area contributed by atoms with E-state index in [1.165, 1.54) is 0 Å². The Morgan fingerprint density at radius 3 is 2.68 bits per heavy atom. The van der Waals surface area contributed by atoms with Crippen molar-refractivity contribution in [1.29, 1.82) is 0 Å². The van der Waals surface area contributed by atoms with Crippen LogP contribution in [0, 0.1) is 15.4 Å². The highest BCUT2D eigenvalue weighted by molar-refractivity contribution is 14.1. The number of halogens is 1. The summed E-state index contributed by atoms with van der Waals surface area (Å²) in [5.41, 5.74) is 0.696. The largest absolute Gasteiger partial charge is 0.481 e. The minimum absolute atomic E-state index is 0.00313. The molecule has 102 valence electrons. The number of carbonyl (C=O) groups excluding carboxylic acids is 1. The van der Waals surface area contributed by atoms with E-state index in [0.717, 1.165) is 22.8 Å². The summed E-state index contributed by atoms with van der Waals surface area (Å²) in [7, 11) is 0. The van der Waals surface area contributed by atoms with Crippen molar-refractivity contribution >= 4 is 34.3 Å². The zero-order valence-electron chi connectivity index (χ0n) is 10.6. The van der Waals surface area contributed by atoms with Crippen molar-refractivity contribution in [2.24, 2.45) is 11.8 Å². The molecule has 0 unspecified atom stereocenters. The van der Waals surface area contributed by atoms with E-state index in [-0.39, 0.29) is 17.6 Å². The quantitative estimate of drug-likeness (QED) is 0.647. The molecule has 1 saturated carbocycles. The van der Waals surface area contributed by atoms with Gasteiger partial charge in [0.25, 0.3) is 0 Å². The molecule has 1 aliphatic rings. The molecule has 19 heavy (non-hydrogen) atoms. The molecule has 1 aromatic carbocycles. The zero-order valence-corrected chi connectivity index (χ0v) is 12.8. The summed E-state index contributed by atoms with van der Waals surface area (Å²) in [5, 5.41) is 9.22. The molecule has 0 radical (unpaired) electrons. The number of carboxylic acids is 1. The van der Waals surface area contributed by atoms with Gasteiger partial charge in [0.2, 0.25) is 0 Å². The summed E-state index contributed by atoms with van der Waals surface area (Å²) in [6.07, 6.45) is 3.92. The summed E-state index contributed by atoms with van der Waals surface area (Å²) < 4.78 is 1.03. The van der Waals surface area contributed by atoms with Gasteiger partial charge >= 0.3 is 5.97 Å². The van der Waals surface area contributed by atoms with E-state index >= 15 is 0 Å². The van der Waals surface area contributed by atoms with Crippen LogP contribution in [0.15, 0.2) is 24.3 Å². The molecule has 1 N–H and O–H groups in total. The molecule has 0 spiro atoms. The minimum Gasteiger partial charge on any atom is -0.481 e. The predicted molar refractivity (Wildman–Crippen MR) is 81.2 cm³/mol. The highest BCUT2D eigenvalue weighted by Gasteiger charge is 2.32. The van der Waals surface area contributed by atoms with Crippen molar-refractivity contribution in [2.45, 2.75) is 32.1 Å². The molecule has 2 rings (SSSR count). The number of hydrogen-bond donors (Lipinski definition) is 1. The van der Waals surface area contributed by atoms with Gasteiger partial charge in [-0.25, -0.2) is 0 Å². The van der Waals surface area contributed by atoms with Crippen LogP contribution in [0.2, 0.25) is 0 Å². The minimum atomic E-state index is -0.750. The second-order valence-corrected chi connectivity index (χ2v) is 6.37. The van der Waals surface area contributed by atoms with Crippen LogP contribution in [0.3, 0.4) is 0 Å². The predicted octanol–water partition coefficient (Wildman–Crippen LogP) is 3.76. The summed E-state index contributed by atoms with van der Waals surface area (Å²) >= 11 is 2.18. The van der Waals surface area contributed by atoms with Crippen LogP contribution >= 0.6 is 22.6 Å². The summed E-state index contributed by atoms with van der Waals surface area (Å²) in [5.74, 6) is -1.03. The van der Waals surface area contributed by atoms with Gasteiger partial charge in [0.15, 0.2) is 5.78 Å². The van der Waals surface area contributed by atoms with E-state index in [4.69, 9.17) is 0 Å². The van der Waals surface area contributed by atoms with Gasteiger partial charge in [0, 0.05) is 15.6 Å². The van der Waals surface area contributed by atoms with Gasteiger partial charge in [0.05, 0.1) is 5.92 Å². The van der Waals surface area contributed by atoms with Gasteiger partial charge in [-0.2, -0.15) is 0 Å². The van der Waals surface area contributed by atoms with Crippen molar-refractivity contribution in [3.63, 3.8) is 0 Å². The Hall–Kier alpha value is -0.910. The lowest BCUT2D eigenvalue weighted by atomic mass is 9.76. The summed E-state index contributed by atoms with van der Waals surface area (Å²) in [4.78, 5) is 23.5. The number of hydrogen-bond acceptors (Lipinski definition) is 2. The zero-order chi connectivity index (χ0) is 13.8. The van der Waals surface area contributed by atoms with Crippen molar-refractivity contribution in [3.8, 4) is 0 Å². The fraction of sp³-hybridized carbons (Fsp3) is 0.467. The van der Waals surface area contributed by atoms with Gasteiger partial charge in [-0.3, -0.25) is 9.59 Å². The highest BCUT2D eigenvalue weighted by Crippen LogP contribution is 2.33. The number of carboxylic acid groups (broad SMARTS) is 1. The lowest BCUT2D eigenvalue weighted by molar-refractivity contribution is -0.144. The van der Waals surface area contributed by atoms with Crippen molar-refractivity contribution < 1.29 is 14.7 Å². The number of benzene rings is 1. The second kappa shape index (κ2) is 6.50. The first-order chi connectivity index (χ1) is 9.08. The number of rotatable bonds is 4. The lowest BCUT2D eigenvalue weighted by Gasteiger charge is -2.27. The number of ketones is 1. The third-order valence-electron chi connectivity index (χ3n) is 3.82. The van der Waals surface area contributed by atoms with E-state index < -0.39 is 5.97 Å². The molecule has 1 aromatic rings. The third-order valence-corrected chi connectivity index (χ3v) is 4.49. The maximum absolute atomic E-state index is 12.2. The third kappa shape index (κ3) is 3.78. The molecule has 0 aromatic heterocycles. The molecule has 0 heterocycles. The average Bonchev–Trinajstić information content (AvgIpc) is 2.39. The van der Waals surface area contributed by atoms with Crippen molar-refractivity contribution in [2.75, 3.05) is 0 Å². The van der Waals surface area contributed by atoms with Crippen LogP contribution < -0.4 is 0 Å². The molecule has 4 heteroatoms. The van der Waals surface area contributed by atoms with Crippen LogP contribution in [0.4, 0.5) is 0 Å². The average molecular weight is 372 g/mol. The van der Waals surface area contributed by atoms with E-state index in [1.807, 2.05) is 24.3 Å². The molecule has 0 bridgehead atoms. The first kappa shape index (κ1) is 14.5. The molecule has 2 atom stereocenters. The van der Waals surface area contributed by atoms with Crippen molar-refractivity contribution in [1.82, 2.24) is 0 Å². The Bertz CT molecular complexity index is 484. The summed E-state index contributed by atoms with van der Waals surface area (Å²) in [6, 6.07) is 7.48. The maximum atomic E-state index is 12.2. The summed E-state index contributed by atoms with van der Waals surface area (Å²) in [6.45, 7) is 0. The molecule has 0 saturated heterocycles. The normalized spacial score (nSPS) is 23.0. The molecular formula is C15H17IO3. The van der Waals surface area contributed by atoms with Crippen LogP contribution in [-0.2, 0) is 4.79 Å². The first-order valence-electron chi connectivity index (χ1n) is 6.59. The fourth-order valence-corrected chi connectivity index (χ4v) is 3.34. The lowest BCUT2D eigenvalue weighted by Crippen LogP contribution is -2.28. The van der Waals surface area contributed by atoms with E-state index in [2.05, 4.69) is 22.6 Å². The second-order valence-electron chi connectivity index (χ2n) is 5.13. The Balaban J connectivity index is 2.07. The van der Waals surface area contributed by atoms with Crippen LogP contribution in [-0.4, -0.2) is 16.9 Å². The maximum Gasteiger partial charge on any atom is 0.306 e. The van der Waals surface area contributed by atoms with E-state index in [1.54, 1.807) is 0 Å². The SMILES string of the molecule is O=C(C[C@H]1CCCC[C@@H]1C(=O)O)c1cccc(I)c1. The Morgan fingerprint density at radius 2 is 2.00 bits per heavy atom. The van der Waals surface area contributed by atoms with Crippen LogP contribution in [0.5, 0.6) is 0 Å². The fourth-order valence-electron chi connectivity index (χ4n) is 2.80. The van der Waals surface area contributed by atoms with Gasteiger partial charge in [0.1, 0.15) is 0 Å². The van der Waals surface area contributed by atoms with Gasteiger partial charge in [-0.05, 0) is 53.5 Å². The van der Waals surface area contributed by atoms with Gasteiger partial charge in [-0.15, -0.1) is 0 Å². The molecule has 3 nitrogen and oxygen atoms in total. The Kier molecular flexibility index (Phi) is 4.96. The van der Waals surface area contributed by atoms with Crippen molar-refractivity contribution in [3.05, 3.63) is 33.4 Å². The standard InChI is InChI=1S/C15H17IO3/c16-12-6-3-5-11(8-12)14(17)9-10-4-1-2-7-13(10)15(18)19/h3,5-6,8,10,13H,1-2,4,7,9H2,(H,18,19)/t10-,13+/m1/s1. The monoisotopic (exact) mass is 372 g/mol. The van der Waals surface area contributed by atoms with Crippen LogP contribution in [0.25, 0.3) is 0 Å². The van der Waals surface area contributed by atoms with E-state index in [0.29, 0.717) is 18.4 Å². The Morgan fingerprint density at radius 1 is 1.26 bits per heavy atom. The molecule has 1 fully saturated rings. The number of Topliss-reactive ketones (excluding diaryl/α,β-unsaturated/α-hetero) is 1. The molecular weight excluding hydrogens is 355 g/mol.